The first kappa shape index (κ1) is 16.1. The number of amides is 2. The van der Waals surface area contributed by atoms with Crippen LogP contribution in [0.15, 0.2) is 0 Å². The van der Waals surface area contributed by atoms with Crippen LogP contribution < -0.4 is 0 Å². The highest BCUT2D eigenvalue weighted by atomic mass is 32.2. The number of carboxylic acid groups (broad SMARTS) is 1. The van der Waals surface area contributed by atoms with Crippen molar-refractivity contribution in [3.05, 3.63) is 0 Å². The molecule has 2 amide bonds. The number of carbonyl (C=O) groups excluding carboxylic acids is 1. The van der Waals surface area contributed by atoms with Crippen molar-refractivity contribution >= 4 is 23.8 Å². The molecule has 1 fully saturated rings. The Hall–Kier alpha value is -0.910. The second-order valence-electron chi connectivity index (χ2n) is 4.74. The van der Waals surface area contributed by atoms with Gasteiger partial charge in [-0.3, -0.25) is 4.79 Å². The molecule has 1 aliphatic rings. The van der Waals surface area contributed by atoms with Crippen LogP contribution in [0.1, 0.15) is 33.1 Å². The number of aliphatic carboxylic acids is 1. The number of rotatable bonds is 6. The second kappa shape index (κ2) is 8.30. The third kappa shape index (κ3) is 4.93. The van der Waals surface area contributed by atoms with Gasteiger partial charge in [0.25, 0.3) is 0 Å². The summed E-state index contributed by atoms with van der Waals surface area (Å²) >= 11 is 1.73. The molecule has 1 heterocycles. The highest BCUT2D eigenvalue weighted by molar-refractivity contribution is 7.99. The average molecular weight is 288 g/mol. The molecule has 1 rings (SSSR count). The summed E-state index contributed by atoms with van der Waals surface area (Å²) in [6, 6.07) is -0.165. The summed E-state index contributed by atoms with van der Waals surface area (Å²) in [6.45, 7) is 6.17. The molecule has 0 bridgehead atoms. The zero-order valence-corrected chi connectivity index (χ0v) is 12.6. The van der Waals surface area contributed by atoms with Crippen LogP contribution in [0.2, 0.25) is 0 Å². The number of hydrogen-bond donors (Lipinski definition) is 1. The van der Waals surface area contributed by atoms with Crippen molar-refractivity contribution in [2.75, 3.05) is 31.1 Å². The van der Waals surface area contributed by atoms with E-state index in [9.17, 15) is 9.59 Å². The lowest BCUT2D eigenvalue weighted by Crippen LogP contribution is -2.52. The molecule has 0 saturated carbocycles. The Morgan fingerprint density at radius 2 is 2.16 bits per heavy atom. The van der Waals surface area contributed by atoms with E-state index in [4.69, 9.17) is 5.11 Å². The van der Waals surface area contributed by atoms with Crippen LogP contribution in [0.25, 0.3) is 0 Å². The Morgan fingerprint density at radius 3 is 2.74 bits per heavy atom. The lowest BCUT2D eigenvalue weighted by molar-refractivity contribution is -0.138. The molecule has 1 N–H and O–H groups in total. The van der Waals surface area contributed by atoms with Gasteiger partial charge < -0.3 is 14.9 Å². The molecular weight excluding hydrogens is 264 g/mol. The van der Waals surface area contributed by atoms with E-state index in [0.29, 0.717) is 13.1 Å². The van der Waals surface area contributed by atoms with Crippen LogP contribution >= 0.6 is 11.8 Å². The fraction of sp³-hybridized carbons (Fsp3) is 0.846. The molecule has 0 radical (unpaired) electrons. The highest BCUT2D eigenvalue weighted by Gasteiger charge is 2.30. The smallest absolute Gasteiger partial charge is 0.320 e. The number of carboxylic acids is 1. The third-order valence-corrected chi connectivity index (χ3v) is 4.41. The lowest BCUT2D eigenvalue weighted by Gasteiger charge is -2.38. The van der Waals surface area contributed by atoms with E-state index in [1.165, 1.54) is 0 Å². The van der Waals surface area contributed by atoms with E-state index in [2.05, 4.69) is 6.92 Å². The van der Waals surface area contributed by atoms with E-state index in [1.54, 1.807) is 16.7 Å². The summed E-state index contributed by atoms with van der Waals surface area (Å²) in [5, 5.41) is 8.94. The molecule has 0 spiro atoms. The summed E-state index contributed by atoms with van der Waals surface area (Å²) in [7, 11) is 0. The predicted molar refractivity (Wildman–Crippen MR) is 77.6 cm³/mol. The summed E-state index contributed by atoms with van der Waals surface area (Å²) in [5.41, 5.74) is 0. The standard InChI is InChI=1S/C13H24N2O3S/c1-3-5-6-14(4-2)13(18)15-7-8-19-10-11(15)9-12(16)17/h11H,3-10H2,1-2H3,(H,16,17). The maximum absolute atomic E-state index is 12.5. The number of urea groups is 1. The van der Waals surface area contributed by atoms with E-state index in [0.717, 1.165) is 30.9 Å². The number of nitrogens with zero attached hydrogens (tertiary/aromatic N) is 2. The molecule has 1 aliphatic heterocycles. The quantitative estimate of drug-likeness (QED) is 0.813. The maximum atomic E-state index is 12.5. The number of hydrogen-bond acceptors (Lipinski definition) is 3. The van der Waals surface area contributed by atoms with Gasteiger partial charge in [-0.1, -0.05) is 13.3 Å². The minimum atomic E-state index is -0.832. The molecule has 0 aromatic carbocycles. The van der Waals surface area contributed by atoms with Gasteiger partial charge in [-0.15, -0.1) is 0 Å². The van der Waals surface area contributed by atoms with Crippen LogP contribution in [0.3, 0.4) is 0 Å². The van der Waals surface area contributed by atoms with Gasteiger partial charge in [-0.2, -0.15) is 11.8 Å². The van der Waals surface area contributed by atoms with Crippen molar-refractivity contribution in [2.24, 2.45) is 0 Å². The normalized spacial score (nSPS) is 19.3. The Bertz CT molecular complexity index is 312. The van der Waals surface area contributed by atoms with Crippen LogP contribution in [0.4, 0.5) is 4.79 Å². The van der Waals surface area contributed by atoms with Crippen molar-refractivity contribution in [3.8, 4) is 0 Å². The minimum absolute atomic E-state index is 0.00231. The van der Waals surface area contributed by atoms with Crippen molar-refractivity contribution in [1.82, 2.24) is 9.80 Å². The minimum Gasteiger partial charge on any atom is -0.481 e. The first-order valence-corrected chi connectivity index (χ1v) is 8.10. The van der Waals surface area contributed by atoms with Crippen molar-refractivity contribution in [2.45, 2.75) is 39.2 Å². The van der Waals surface area contributed by atoms with E-state index >= 15 is 0 Å². The topological polar surface area (TPSA) is 60.9 Å². The zero-order chi connectivity index (χ0) is 14.3. The predicted octanol–water partition coefficient (Wildman–Crippen LogP) is 2.12. The molecular formula is C13H24N2O3S. The summed E-state index contributed by atoms with van der Waals surface area (Å²) < 4.78 is 0. The largest absolute Gasteiger partial charge is 0.481 e. The SMILES string of the molecule is CCCCN(CC)C(=O)N1CCSCC1CC(=O)O. The van der Waals surface area contributed by atoms with Crippen LogP contribution in [-0.2, 0) is 4.79 Å². The van der Waals surface area contributed by atoms with E-state index < -0.39 is 5.97 Å². The summed E-state index contributed by atoms with van der Waals surface area (Å²) in [4.78, 5) is 26.9. The Morgan fingerprint density at radius 1 is 1.42 bits per heavy atom. The van der Waals surface area contributed by atoms with Crippen LogP contribution in [0.5, 0.6) is 0 Å². The zero-order valence-electron chi connectivity index (χ0n) is 11.8. The highest BCUT2D eigenvalue weighted by Crippen LogP contribution is 2.20. The van der Waals surface area contributed by atoms with Crippen molar-refractivity contribution in [1.29, 1.82) is 0 Å². The lowest BCUT2D eigenvalue weighted by atomic mass is 10.2. The summed E-state index contributed by atoms with van der Waals surface area (Å²) in [6.07, 6.45) is 2.09. The molecule has 19 heavy (non-hydrogen) atoms. The average Bonchev–Trinajstić information content (AvgIpc) is 2.39. The summed E-state index contributed by atoms with van der Waals surface area (Å²) in [5.74, 6) is 0.790. The van der Waals surface area contributed by atoms with Crippen molar-refractivity contribution in [3.63, 3.8) is 0 Å². The molecule has 1 unspecified atom stereocenters. The Labute approximate surface area is 119 Å². The van der Waals surface area contributed by atoms with Gasteiger partial charge in [0.05, 0.1) is 12.5 Å². The second-order valence-corrected chi connectivity index (χ2v) is 5.89. The number of unbranched alkanes of at least 4 members (excludes halogenated alkanes) is 1. The Balaban J connectivity index is 2.66. The van der Waals surface area contributed by atoms with Gasteiger partial charge in [0.2, 0.25) is 0 Å². The molecule has 0 aliphatic carbocycles. The first-order valence-electron chi connectivity index (χ1n) is 6.95. The van der Waals surface area contributed by atoms with Gasteiger partial charge in [0.15, 0.2) is 0 Å². The van der Waals surface area contributed by atoms with Gasteiger partial charge >= 0.3 is 12.0 Å². The molecule has 6 heteroatoms. The molecule has 110 valence electrons. The number of thioether (sulfide) groups is 1. The Kier molecular flexibility index (Phi) is 7.05. The molecule has 5 nitrogen and oxygen atoms in total. The van der Waals surface area contributed by atoms with Crippen LogP contribution in [-0.4, -0.2) is 64.1 Å². The van der Waals surface area contributed by atoms with Crippen LogP contribution in [0, 0.1) is 0 Å². The van der Waals surface area contributed by atoms with Gasteiger partial charge in [0.1, 0.15) is 0 Å². The molecule has 1 saturated heterocycles. The fourth-order valence-corrected chi connectivity index (χ4v) is 3.26. The third-order valence-electron chi connectivity index (χ3n) is 3.32. The molecule has 0 aromatic rings. The van der Waals surface area contributed by atoms with E-state index in [1.807, 2.05) is 11.8 Å². The molecule has 0 aromatic heterocycles. The van der Waals surface area contributed by atoms with Crippen molar-refractivity contribution < 1.29 is 14.7 Å². The number of carbonyl (C=O) groups is 2. The maximum Gasteiger partial charge on any atom is 0.320 e. The monoisotopic (exact) mass is 288 g/mol. The fourth-order valence-electron chi connectivity index (χ4n) is 2.20. The first-order chi connectivity index (χ1) is 9.10. The van der Waals surface area contributed by atoms with Gasteiger partial charge in [-0.25, -0.2) is 4.79 Å². The van der Waals surface area contributed by atoms with Gasteiger partial charge in [0, 0.05) is 31.1 Å². The molecule has 1 atom stereocenters. The van der Waals surface area contributed by atoms with E-state index in [-0.39, 0.29) is 18.5 Å². The van der Waals surface area contributed by atoms with Gasteiger partial charge in [-0.05, 0) is 13.3 Å².